The van der Waals surface area contributed by atoms with Crippen molar-refractivity contribution < 1.29 is 19.0 Å². The van der Waals surface area contributed by atoms with Crippen molar-refractivity contribution in [2.24, 2.45) is 0 Å². The molecule has 11 heteroatoms. The maximum absolute atomic E-state index is 12.9. The third kappa shape index (κ3) is 4.68. The number of nitrogen functional groups attached to an aromatic ring is 1. The summed E-state index contributed by atoms with van der Waals surface area (Å²) in [6.07, 6.45) is 0.117. The summed E-state index contributed by atoms with van der Waals surface area (Å²) in [7, 11) is 0. The van der Waals surface area contributed by atoms with E-state index in [0.29, 0.717) is 51.2 Å². The Bertz CT molecular complexity index is 975. The minimum absolute atomic E-state index is 0.00579. The van der Waals surface area contributed by atoms with E-state index in [1.807, 2.05) is 21.9 Å². The van der Waals surface area contributed by atoms with E-state index in [0.717, 1.165) is 31.1 Å². The molecule has 11 nitrogen and oxygen atoms in total. The van der Waals surface area contributed by atoms with E-state index in [-0.39, 0.29) is 25.1 Å². The Kier molecular flexibility index (Phi) is 5.91. The van der Waals surface area contributed by atoms with Gasteiger partial charge in [0.1, 0.15) is 5.82 Å². The largest absolute Gasteiger partial charge is 0.454 e. The lowest BCUT2D eigenvalue weighted by atomic mass is 10.1. The van der Waals surface area contributed by atoms with Crippen LogP contribution in [0.5, 0.6) is 11.5 Å². The zero-order valence-electron chi connectivity index (χ0n) is 17.9. The van der Waals surface area contributed by atoms with E-state index in [2.05, 4.69) is 25.9 Å². The van der Waals surface area contributed by atoms with Crippen LogP contribution < -0.4 is 20.1 Å². The van der Waals surface area contributed by atoms with E-state index in [4.69, 9.17) is 19.9 Å². The van der Waals surface area contributed by atoms with E-state index in [9.17, 15) is 4.79 Å². The number of rotatable bonds is 5. The lowest BCUT2D eigenvalue weighted by Crippen LogP contribution is -2.48. The van der Waals surface area contributed by atoms with Crippen LogP contribution in [0.4, 0.5) is 11.9 Å². The second kappa shape index (κ2) is 9.13. The summed E-state index contributed by atoms with van der Waals surface area (Å²) in [5.74, 6) is 2.65. The van der Waals surface area contributed by atoms with Gasteiger partial charge in [-0.1, -0.05) is 6.07 Å². The van der Waals surface area contributed by atoms with E-state index >= 15 is 0 Å². The number of piperazine rings is 1. The van der Waals surface area contributed by atoms with Gasteiger partial charge in [0.25, 0.3) is 0 Å². The molecule has 0 radical (unpaired) electrons. The van der Waals surface area contributed by atoms with Crippen LogP contribution in [0.25, 0.3) is 0 Å². The van der Waals surface area contributed by atoms with Gasteiger partial charge in [-0.15, -0.1) is 0 Å². The predicted molar refractivity (Wildman–Crippen MR) is 115 cm³/mol. The first-order chi connectivity index (χ1) is 15.6. The highest BCUT2D eigenvalue weighted by Gasteiger charge is 2.24. The molecule has 1 aromatic heterocycles. The Balaban J connectivity index is 1.15. The summed E-state index contributed by atoms with van der Waals surface area (Å²) in [5.41, 5.74) is 7.05. The van der Waals surface area contributed by atoms with Crippen molar-refractivity contribution in [3.8, 4) is 11.5 Å². The van der Waals surface area contributed by atoms with Crippen LogP contribution in [-0.2, 0) is 22.5 Å². The monoisotopic (exact) mass is 441 g/mol. The summed E-state index contributed by atoms with van der Waals surface area (Å²) in [5, 5.41) is 0. The molecule has 0 unspecified atom stereocenters. The normalized spacial score (nSPS) is 18.8. The molecule has 1 aromatic carbocycles. The quantitative estimate of drug-likeness (QED) is 0.674. The lowest BCUT2D eigenvalue weighted by Gasteiger charge is -2.34. The van der Waals surface area contributed by atoms with Gasteiger partial charge in [-0.05, 0) is 17.7 Å². The van der Waals surface area contributed by atoms with Gasteiger partial charge in [0.15, 0.2) is 11.5 Å². The van der Waals surface area contributed by atoms with E-state index in [1.54, 1.807) is 0 Å². The maximum atomic E-state index is 12.9. The van der Waals surface area contributed by atoms with Crippen molar-refractivity contribution in [3.63, 3.8) is 0 Å². The number of hydrogen-bond acceptors (Lipinski definition) is 10. The minimum Gasteiger partial charge on any atom is -0.454 e. The number of benzene rings is 1. The highest BCUT2D eigenvalue weighted by atomic mass is 16.7. The second-order valence-corrected chi connectivity index (χ2v) is 8.03. The zero-order valence-corrected chi connectivity index (χ0v) is 17.9. The molecule has 1 amide bonds. The fourth-order valence-electron chi connectivity index (χ4n) is 4.11. The van der Waals surface area contributed by atoms with Crippen molar-refractivity contribution in [2.75, 3.05) is 69.9 Å². The third-order valence-electron chi connectivity index (χ3n) is 5.86. The SMILES string of the molecule is Nc1nc(CC(=O)N2CCN(Cc3ccc4c(c3)OCO4)CC2)nc(N2CCOCC2)n1. The second-order valence-electron chi connectivity index (χ2n) is 8.03. The van der Waals surface area contributed by atoms with Gasteiger partial charge in [0.05, 0.1) is 19.6 Å². The van der Waals surface area contributed by atoms with Crippen molar-refractivity contribution in [1.29, 1.82) is 0 Å². The Morgan fingerprint density at radius 3 is 2.56 bits per heavy atom. The highest BCUT2D eigenvalue weighted by Crippen LogP contribution is 2.32. The molecule has 0 spiro atoms. The molecule has 2 fully saturated rings. The molecule has 2 aromatic rings. The number of carbonyl (C=O) groups is 1. The van der Waals surface area contributed by atoms with Crippen molar-refractivity contribution >= 4 is 17.8 Å². The third-order valence-corrected chi connectivity index (χ3v) is 5.86. The number of fused-ring (bicyclic) bond motifs is 1. The van der Waals surface area contributed by atoms with Crippen LogP contribution in [-0.4, -0.2) is 89.9 Å². The molecule has 0 bridgehead atoms. The smallest absolute Gasteiger partial charge is 0.231 e. The van der Waals surface area contributed by atoms with Gasteiger partial charge in [-0.25, -0.2) is 0 Å². The average Bonchev–Trinajstić information content (AvgIpc) is 3.28. The first kappa shape index (κ1) is 20.7. The zero-order chi connectivity index (χ0) is 21.9. The van der Waals surface area contributed by atoms with Crippen molar-refractivity contribution in [2.45, 2.75) is 13.0 Å². The number of nitrogens with zero attached hydrogens (tertiary/aromatic N) is 6. The van der Waals surface area contributed by atoms with Gasteiger partial charge in [-0.3, -0.25) is 9.69 Å². The molecule has 3 aliphatic heterocycles. The molecule has 0 atom stereocenters. The van der Waals surface area contributed by atoms with Crippen LogP contribution in [0, 0.1) is 0 Å². The average molecular weight is 441 g/mol. The van der Waals surface area contributed by atoms with Crippen LogP contribution in [0.3, 0.4) is 0 Å². The number of morpholine rings is 1. The molecular formula is C21H27N7O4. The predicted octanol–water partition coefficient (Wildman–Crippen LogP) is -0.0940. The van der Waals surface area contributed by atoms with Gasteiger partial charge in [0.2, 0.25) is 24.6 Å². The van der Waals surface area contributed by atoms with E-state index < -0.39 is 0 Å². The molecule has 32 heavy (non-hydrogen) atoms. The van der Waals surface area contributed by atoms with Crippen LogP contribution in [0.2, 0.25) is 0 Å². The summed E-state index contributed by atoms with van der Waals surface area (Å²) >= 11 is 0. The molecule has 2 N–H and O–H groups in total. The Morgan fingerprint density at radius 1 is 0.969 bits per heavy atom. The summed E-state index contributed by atoms with van der Waals surface area (Å²) in [6, 6.07) is 6.03. The van der Waals surface area contributed by atoms with Crippen molar-refractivity contribution in [3.05, 3.63) is 29.6 Å². The van der Waals surface area contributed by atoms with E-state index in [1.165, 1.54) is 5.56 Å². The number of amides is 1. The Labute approximate surface area is 186 Å². The standard InChI is InChI=1S/C21H27N7O4/c22-20-23-18(24-21(25-20)28-7-9-30-10-8-28)12-19(29)27-5-3-26(4-6-27)13-15-1-2-16-17(11-15)32-14-31-16/h1-2,11H,3-10,12-14H2,(H2,22,23,24,25). The summed E-state index contributed by atoms with van der Waals surface area (Å²) in [6.45, 7) is 6.67. The van der Waals surface area contributed by atoms with Gasteiger partial charge in [0, 0.05) is 45.8 Å². The number of nitrogens with two attached hydrogens (primary N) is 1. The van der Waals surface area contributed by atoms with Crippen LogP contribution in [0.15, 0.2) is 18.2 Å². The number of anilines is 2. The molecule has 3 aliphatic rings. The number of hydrogen-bond donors (Lipinski definition) is 1. The molecule has 4 heterocycles. The number of ether oxygens (including phenoxy) is 3. The Morgan fingerprint density at radius 2 is 1.75 bits per heavy atom. The molecule has 0 aliphatic carbocycles. The number of aromatic nitrogens is 3. The van der Waals surface area contributed by atoms with Gasteiger partial charge >= 0.3 is 0 Å². The molecule has 2 saturated heterocycles. The van der Waals surface area contributed by atoms with Crippen molar-refractivity contribution in [1.82, 2.24) is 24.8 Å². The highest BCUT2D eigenvalue weighted by molar-refractivity contribution is 5.78. The summed E-state index contributed by atoms with van der Waals surface area (Å²) in [4.78, 5) is 31.9. The fraction of sp³-hybridized carbons (Fsp3) is 0.524. The Hall–Kier alpha value is -3.18. The minimum atomic E-state index is 0.00579. The van der Waals surface area contributed by atoms with Crippen LogP contribution in [0.1, 0.15) is 11.4 Å². The molecule has 5 rings (SSSR count). The molecular weight excluding hydrogens is 414 g/mol. The number of carbonyl (C=O) groups excluding carboxylic acids is 1. The maximum Gasteiger partial charge on any atom is 0.231 e. The van der Waals surface area contributed by atoms with Crippen LogP contribution >= 0.6 is 0 Å². The fourth-order valence-corrected chi connectivity index (χ4v) is 4.11. The first-order valence-electron chi connectivity index (χ1n) is 10.9. The topological polar surface area (TPSA) is 119 Å². The molecule has 0 saturated carbocycles. The molecule has 170 valence electrons. The lowest BCUT2D eigenvalue weighted by molar-refractivity contribution is -0.132. The first-order valence-corrected chi connectivity index (χ1v) is 10.9. The van der Waals surface area contributed by atoms with Gasteiger partial charge < -0.3 is 29.7 Å². The van der Waals surface area contributed by atoms with Gasteiger partial charge in [-0.2, -0.15) is 15.0 Å². The summed E-state index contributed by atoms with van der Waals surface area (Å²) < 4.78 is 16.2.